The second-order valence-corrected chi connectivity index (χ2v) is 5.11. The molecule has 1 heterocycles. The molecule has 7 nitrogen and oxygen atoms in total. The van der Waals surface area contributed by atoms with Crippen LogP contribution in [0.4, 0.5) is 5.69 Å². The molecule has 118 valence electrons. The first kappa shape index (κ1) is 16.0. The molecule has 0 radical (unpaired) electrons. The summed E-state index contributed by atoms with van der Waals surface area (Å²) >= 11 is 0. The van der Waals surface area contributed by atoms with Gasteiger partial charge in [0, 0.05) is 25.1 Å². The Bertz CT molecular complexity index is 608. The number of aryl methyl sites for hydroxylation is 1. The van der Waals surface area contributed by atoms with E-state index in [0.29, 0.717) is 30.3 Å². The third-order valence-corrected chi connectivity index (χ3v) is 2.90. The first-order valence-corrected chi connectivity index (χ1v) is 7.10. The molecule has 1 atom stereocenters. The number of hydrogen-bond donors (Lipinski definition) is 2. The van der Waals surface area contributed by atoms with E-state index in [1.807, 2.05) is 6.92 Å². The van der Waals surface area contributed by atoms with Crippen molar-refractivity contribution in [1.29, 1.82) is 0 Å². The number of carbonyl (C=O) groups is 1. The zero-order chi connectivity index (χ0) is 15.9. The maximum Gasteiger partial charge on any atom is 0.224 e. The van der Waals surface area contributed by atoms with Gasteiger partial charge in [0.15, 0.2) is 6.61 Å². The highest BCUT2D eigenvalue weighted by Gasteiger charge is 2.06. The Kier molecular flexibility index (Phi) is 5.48. The summed E-state index contributed by atoms with van der Waals surface area (Å²) in [4.78, 5) is 15.7. The molecular weight excluding hydrogens is 284 g/mol. The second kappa shape index (κ2) is 7.56. The van der Waals surface area contributed by atoms with Crippen LogP contribution in [0.2, 0.25) is 0 Å². The van der Waals surface area contributed by atoms with Crippen molar-refractivity contribution in [3.8, 4) is 5.75 Å². The predicted molar refractivity (Wildman–Crippen MR) is 81.3 cm³/mol. The number of ether oxygens (including phenoxy) is 1. The number of nitrogens with two attached hydrogens (primary N) is 1. The Hall–Kier alpha value is -2.41. The number of nitrogens with one attached hydrogen (secondary N) is 1. The summed E-state index contributed by atoms with van der Waals surface area (Å²) in [6.45, 7) is 3.83. The van der Waals surface area contributed by atoms with Gasteiger partial charge in [0.05, 0.1) is 0 Å². The van der Waals surface area contributed by atoms with Gasteiger partial charge in [0.25, 0.3) is 0 Å². The lowest BCUT2D eigenvalue weighted by Gasteiger charge is -2.08. The highest BCUT2D eigenvalue weighted by atomic mass is 16.5. The predicted octanol–water partition coefficient (Wildman–Crippen LogP) is 2.02. The van der Waals surface area contributed by atoms with E-state index in [1.165, 1.54) is 0 Å². The Labute approximate surface area is 128 Å². The molecule has 3 N–H and O–H groups in total. The normalized spacial score (nSPS) is 12.0. The molecule has 0 aliphatic carbocycles. The molecule has 1 amide bonds. The molecule has 0 aliphatic rings. The Morgan fingerprint density at radius 1 is 1.41 bits per heavy atom. The molecule has 0 bridgehead atoms. The number of aromatic nitrogens is 2. The third-order valence-electron chi connectivity index (χ3n) is 2.90. The van der Waals surface area contributed by atoms with Crippen LogP contribution in [0.1, 0.15) is 31.5 Å². The van der Waals surface area contributed by atoms with E-state index in [-0.39, 0.29) is 18.6 Å². The molecule has 2 rings (SSSR count). The van der Waals surface area contributed by atoms with E-state index < -0.39 is 0 Å². The minimum Gasteiger partial charge on any atom is -0.485 e. The van der Waals surface area contributed by atoms with Gasteiger partial charge in [-0.25, -0.2) is 0 Å². The van der Waals surface area contributed by atoms with Gasteiger partial charge >= 0.3 is 0 Å². The smallest absolute Gasteiger partial charge is 0.224 e. The highest BCUT2D eigenvalue weighted by Crippen LogP contribution is 2.17. The molecule has 0 saturated carbocycles. The Morgan fingerprint density at radius 3 is 2.73 bits per heavy atom. The quantitative estimate of drug-likeness (QED) is 0.811. The van der Waals surface area contributed by atoms with Crippen LogP contribution in [0.5, 0.6) is 5.75 Å². The van der Waals surface area contributed by atoms with E-state index in [9.17, 15) is 4.79 Å². The van der Waals surface area contributed by atoms with Gasteiger partial charge in [-0.05, 0) is 37.6 Å². The van der Waals surface area contributed by atoms with Gasteiger partial charge in [-0.3, -0.25) is 4.79 Å². The van der Waals surface area contributed by atoms with Gasteiger partial charge in [-0.2, -0.15) is 4.98 Å². The van der Waals surface area contributed by atoms with Crippen LogP contribution in [0.15, 0.2) is 28.8 Å². The maximum atomic E-state index is 11.7. The van der Waals surface area contributed by atoms with Crippen molar-refractivity contribution in [2.24, 2.45) is 5.73 Å². The summed E-state index contributed by atoms with van der Waals surface area (Å²) in [6, 6.07) is 7.12. The van der Waals surface area contributed by atoms with Gasteiger partial charge in [0.1, 0.15) is 5.75 Å². The molecule has 1 unspecified atom stereocenters. The van der Waals surface area contributed by atoms with Gasteiger partial charge < -0.3 is 20.3 Å². The zero-order valence-corrected chi connectivity index (χ0v) is 12.7. The number of nitrogens with zero attached hydrogens (tertiary/aromatic N) is 2. The average molecular weight is 304 g/mol. The Balaban J connectivity index is 1.81. The first-order chi connectivity index (χ1) is 10.5. The van der Waals surface area contributed by atoms with Crippen LogP contribution in [0, 0.1) is 6.92 Å². The number of rotatable bonds is 7. The monoisotopic (exact) mass is 304 g/mol. The lowest BCUT2D eigenvalue weighted by Crippen LogP contribution is -2.19. The molecule has 0 spiro atoms. The van der Waals surface area contributed by atoms with Crippen molar-refractivity contribution in [2.75, 3.05) is 5.32 Å². The molecule has 22 heavy (non-hydrogen) atoms. The fourth-order valence-corrected chi connectivity index (χ4v) is 1.76. The molecule has 2 aromatic rings. The van der Waals surface area contributed by atoms with E-state index in [1.54, 1.807) is 31.2 Å². The van der Waals surface area contributed by atoms with E-state index in [4.69, 9.17) is 15.0 Å². The number of anilines is 1. The SMILES string of the molecule is Cc1nc(COc2ccc(NC(=O)CCC(C)N)cc2)no1. The average Bonchev–Trinajstić information content (AvgIpc) is 2.90. The maximum absolute atomic E-state index is 11.7. The molecule has 7 heteroatoms. The van der Waals surface area contributed by atoms with E-state index in [2.05, 4.69) is 15.5 Å². The van der Waals surface area contributed by atoms with Crippen molar-refractivity contribution in [3.63, 3.8) is 0 Å². The topological polar surface area (TPSA) is 103 Å². The van der Waals surface area contributed by atoms with Crippen molar-refractivity contribution in [3.05, 3.63) is 36.0 Å². The van der Waals surface area contributed by atoms with Crippen LogP contribution in [-0.4, -0.2) is 22.1 Å². The summed E-state index contributed by atoms with van der Waals surface area (Å²) in [5.74, 6) is 1.61. The minimum absolute atomic E-state index is 0.0234. The second-order valence-electron chi connectivity index (χ2n) is 5.11. The van der Waals surface area contributed by atoms with Crippen molar-refractivity contribution >= 4 is 11.6 Å². The van der Waals surface area contributed by atoms with Crippen LogP contribution in [-0.2, 0) is 11.4 Å². The summed E-state index contributed by atoms with van der Waals surface area (Å²) in [5, 5.41) is 6.56. The van der Waals surface area contributed by atoms with Crippen LogP contribution >= 0.6 is 0 Å². The summed E-state index contributed by atoms with van der Waals surface area (Å²) in [5.41, 5.74) is 6.34. The number of benzene rings is 1. The highest BCUT2D eigenvalue weighted by molar-refractivity contribution is 5.90. The van der Waals surface area contributed by atoms with E-state index in [0.717, 1.165) is 5.69 Å². The molecule has 1 aromatic carbocycles. The van der Waals surface area contributed by atoms with E-state index >= 15 is 0 Å². The zero-order valence-electron chi connectivity index (χ0n) is 12.7. The van der Waals surface area contributed by atoms with Crippen molar-refractivity contribution in [2.45, 2.75) is 39.3 Å². The fraction of sp³-hybridized carbons (Fsp3) is 0.400. The number of amides is 1. The minimum atomic E-state index is -0.0479. The van der Waals surface area contributed by atoms with Crippen LogP contribution < -0.4 is 15.8 Å². The van der Waals surface area contributed by atoms with Gasteiger partial charge in [-0.15, -0.1) is 0 Å². The lowest BCUT2D eigenvalue weighted by molar-refractivity contribution is -0.116. The standard InChI is InChI=1S/C15H20N4O3/c1-10(16)3-8-15(20)18-12-4-6-13(7-5-12)21-9-14-17-11(2)22-19-14/h4-7,10H,3,8-9,16H2,1-2H3,(H,18,20). The molecule has 0 fully saturated rings. The summed E-state index contributed by atoms with van der Waals surface area (Å²) in [7, 11) is 0. The molecule has 0 aliphatic heterocycles. The Morgan fingerprint density at radius 2 is 2.14 bits per heavy atom. The molecule has 0 saturated heterocycles. The summed E-state index contributed by atoms with van der Waals surface area (Å²) < 4.78 is 10.4. The van der Waals surface area contributed by atoms with Gasteiger partial charge in [0.2, 0.25) is 17.6 Å². The number of carbonyl (C=O) groups excluding carboxylic acids is 1. The third kappa shape index (κ3) is 5.17. The van der Waals surface area contributed by atoms with Crippen molar-refractivity contribution < 1.29 is 14.1 Å². The fourth-order valence-electron chi connectivity index (χ4n) is 1.76. The number of hydrogen-bond acceptors (Lipinski definition) is 6. The largest absolute Gasteiger partial charge is 0.485 e. The molecule has 1 aromatic heterocycles. The van der Waals surface area contributed by atoms with Crippen molar-refractivity contribution in [1.82, 2.24) is 10.1 Å². The molecular formula is C15H20N4O3. The first-order valence-electron chi connectivity index (χ1n) is 7.10. The van der Waals surface area contributed by atoms with Crippen LogP contribution in [0.25, 0.3) is 0 Å². The summed E-state index contributed by atoms with van der Waals surface area (Å²) in [6.07, 6.45) is 1.07. The lowest BCUT2D eigenvalue weighted by atomic mass is 10.2. The van der Waals surface area contributed by atoms with Gasteiger partial charge in [-0.1, -0.05) is 5.16 Å². The van der Waals surface area contributed by atoms with Crippen LogP contribution in [0.3, 0.4) is 0 Å².